The molecule has 5 heteroatoms. The quantitative estimate of drug-likeness (QED) is 0.407. The van der Waals surface area contributed by atoms with Crippen molar-refractivity contribution in [1.82, 2.24) is 0 Å². The van der Waals surface area contributed by atoms with Crippen molar-refractivity contribution in [3.8, 4) is 0 Å². The second kappa shape index (κ2) is 4.86. The summed E-state index contributed by atoms with van der Waals surface area (Å²) in [6, 6.07) is 0. The first-order valence-electron chi connectivity index (χ1n) is 4.55. The van der Waals surface area contributed by atoms with E-state index < -0.39 is 30.5 Å². The average Bonchev–Trinajstić information content (AvgIpc) is 2.19. The first kappa shape index (κ1) is 11.6. The molecule has 1 aliphatic heterocycles. The third-order valence-corrected chi connectivity index (χ3v) is 2.31. The zero-order chi connectivity index (χ0) is 10.7. The van der Waals surface area contributed by atoms with Gasteiger partial charge in [-0.1, -0.05) is 12.2 Å². The van der Waals surface area contributed by atoms with E-state index in [2.05, 4.69) is 0 Å². The number of allylic oxidation sites excluding steroid dienone is 1. The maximum atomic E-state index is 9.48. The number of ether oxygens (including phenoxy) is 1. The Hall–Kier alpha value is -0.460. The minimum Gasteiger partial charge on any atom is -0.394 e. The Balaban J connectivity index is 2.73. The highest BCUT2D eigenvalue weighted by Crippen LogP contribution is 2.21. The van der Waals surface area contributed by atoms with Crippen molar-refractivity contribution < 1.29 is 25.2 Å². The Morgan fingerprint density at radius 2 is 1.79 bits per heavy atom. The van der Waals surface area contributed by atoms with E-state index in [-0.39, 0.29) is 6.61 Å². The molecule has 5 nitrogen and oxygen atoms in total. The van der Waals surface area contributed by atoms with Gasteiger partial charge in [-0.05, 0) is 6.92 Å². The van der Waals surface area contributed by atoms with Gasteiger partial charge in [-0.3, -0.25) is 0 Å². The van der Waals surface area contributed by atoms with E-state index >= 15 is 0 Å². The lowest BCUT2D eigenvalue weighted by Gasteiger charge is -2.38. The van der Waals surface area contributed by atoms with Gasteiger partial charge in [0, 0.05) is 0 Å². The van der Waals surface area contributed by atoms with Gasteiger partial charge >= 0.3 is 0 Å². The summed E-state index contributed by atoms with van der Waals surface area (Å²) in [5, 5.41) is 37.1. The number of hydrogen-bond acceptors (Lipinski definition) is 5. The summed E-state index contributed by atoms with van der Waals surface area (Å²) in [6.07, 6.45) is -2.00. The fourth-order valence-electron chi connectivity index (χ4n) is 1.48. The normalized spacial score (nSPS) is 44.5. The van der Waals surface area contributed by atoms with Crippen molar-refractivity contribution >= 4 is 0 Å². The molecule has 5 atom stereocenters. The molecule has 0 saturated carbocycles. The van der Waals surface area contributed by atoms with Crippen LogP contribution in [0.2, 0.25) is 0 Å². The number of aliphatic hydroxyl groups is 4. The minimum absolute atomic E-state index is 0.390. The maximum Gasteiger partial charge on any atom is 0.112 e. The van der Waals surface area contributed by atoms with Crippen LogP contribution in [0.3, 0.4) is 0 Å². The van der Waals surface area contributed by atoms with Crippen molar-refractivity contribution in [2.24, 2.45) is 0 Å². The summed E-state index contributed by atoms with van der Waals surface area (Å²) in [7, 11) is 0. The van der Waals surface area contributed by atoms with Crippen molar-refractivity contribution in [1.29, 1.82) is 0 Å². The van der Waals surface area contributed by atoms with E-state index in [9.17, 15) is 15.3 Å². The molecule has 0 aromatic rings. The third-order valence-electron chi connectivity index (χ3n) is 2.31. The molecule has 0 amide bonds. The summed E-state index contributed by atoms with van der Waals surface area (Å²) in [5.74, 6) is 0. The first-order valence-corrected chi connectivity index (χ1v) is 4.55. The fourth-order valence-corrected chi connectivity index (χ4v) is 1.48. The van der Waals surface area contributed by atoms with Crippen molar-refractivity contribution in [2.45, 2.75) is 37.4 Å². The van der Waals surface area contributed by atoms with Crippen LogP contribution >= 0.6 is 0 Å². The molecule has 0 radical (unpaired) electrons. The summed E-state index contributed by atoms with van der Waals surface area (Å²) in [4.78, 5) is 0. The molecule has 1 aliphatic rings. The standard InChI is InChI=1S/C9H16O5/c1-2-3-5-7(11)9(13)8(12)6(4-10)14-5/h2-3,5-13H,4H2,1H3/b3-2+/t5-,6-,7+,8-,9-/m1/s1. The molecule has 0 unspecified atom stereocenters. The van der Waals surface area contributed by atoms with Gasteiger partial charge in [0.25, 0.3) is 0 Å². The topological polar surface area (TPSA) is 90.2 Å². The molecule has 0 aromatic heterocycles. The molecule has 0 bridgehead atoms. The molecule has 4 N–H and O–H groups in total. The predicted octanol–water partition coefficient (Wildman–Crippen LogP) is -1.60. The molecule has 1 rings (SSSR count). The highest BCUT2D eigenvalue weighted by atomic mass is 16.5. The van der Waals surface area contributed by atoms with Crippen LogP contribution in [0.4, 0.5) is 0 Å². The lowest BCUT2D eigenvalue weighted by molar-refractivity contribution is -0.216. The maximum absolute atomic E-state index is 9.48. The van der Waals surface area contributed by atoms with Crippen LogP contribution in [0.1, 0.15) is 6.92 Å². The Morgan fingerprint density at radius 3 is 2.29 bits per heavy atom. The van der Waals surface area contributed by atoms with Gasteiger partial charge < -0.3 is 25.2 Å². The first-order chi connectivity index (χ1) is 6.61. The van der Waals surface area contributed by atoms with Crippen molar-refractivity contribution in [2.75, 3.05) is 6.61 Å². The summed E-state index contributed by atoms with van der Waals surface area (Å²) in [6.45, 7) is 1.36. The second-order valence-corrected chi connectivity index (χ2v) is 3.32. The van der Waals surface area contributed by atoms with Gasteiger partial charge in [0.1, 0.15) is 30.5 Å². The summed E-state index contributed by atoms with van der Waals surface area (Å²) < 4.78 is 5.17. The molecule has 0 aliphatic carbocycles. The molecule has 0 aromatic carbocycles. The van der Waals surface area contributed by atoms with Crippen LogP contribution < -0.4 is 0 Å². The molecule has 1 saturated heterocycles. The van der Waals surface area contributed by atoms with Gasteiger partial charge in [-0.15, -0.1) is 0 Å². The SMILES string of the molecule is C/C=C/[C@H]1O[C@H](CO)[C@@H](O)[C@H](O)[C@H]1O. The van der Waals surface area contributed by atoms with E-state index in [1.807, 2.05) is 0 Å². The molecule has 82 valence electrons. The van der Waals surface area contributed by atoms with Crippen molar-refractivity contribution in [3.63, 3.8) is 0 Å². The Morgan fingerprint density at radius 1 is 1.14 bits per heavy atom. The Labute approximate surface area is 82.3 Å². The van der Waals surface area contributed by atoms with Crippen LogP contribution in [0, 0.1) is 0 Å². The van der Waals surface area contributed by atoms with Gasteiger partial charge in [0.15, 0.2) is 0 Å². The summed E-state index contributed by atoms with van der Waals surface area (Å²) >= 11 is 0. The Kier molecular flexibility index (Phi) is 4.03. The van der Waals surface area contributed by atoms with E-state index in [4.69, 9.17) is 9.84 Å². The van der Waals surface area contributed by atoms with Crippen LogP contribution in [0.25, 0.3) is 0 Å². The molecule has 14 heavy (non-hydrogen) atoms. The zero-order valence-corrected chi connectivity index (χ0v) is 7.95. The lowest BCUT2D eigenvalue weighted by Crippen LogP contribution is -2.57. The predicted molar refractivity (Wildman–Crippen MR) is 48.6 cm³/mol. The smallest absolute Gasteiger partial charge is 0.112 e. The minimum atomic E-state index is -1.29. The molecule has 1 heterocycles. The zero-order valence-electron chi connectivity index (χ0n) is 7.95. The molecular weight excluding hydrogens is 188 g/mol. The van der Waals surface area contributed by atoms with Crippen LogP contribution in [-0.2, 0) is 4.74 Å². The van der Waals surface area contributed by atoms with Gasteiger partial charge in [-0.25, -0.2) is 0 Å². The van der Waals surface area contributed by atoms with Crippen LogP contribution in [0.15, 0.2) is 12.2 Å². The third kappa shape index (κ3) is 2.13. The number of aliphatic hydroxyl groups excluding tert-OH is 4. The van der Waals surface area contributed by atoms with Gasteiger partial charge in [0.05, 0.1) is 6.61 Å². The van der Waals surface area contributed by atoms with E-state index in [1.54, 1.807) is 19.1 Å². The highest BCUT2D eigenvalue weighted by Gasteiger charge is 2.42. The summed E-state index contributed by atoms with van der Waals surface area (Å²) in [5.41, 5.74) is 0. The van der Waals surface area contributed by atoms with Gasteiger partial charge in [0.2, 0.25) is 0 Å². The monoisotopic (exact) mass is 204 g/mol. The number of rotatable bonds is 2. The van der Waals surface area contributed by atoms with E-state index in [1.165, 1.54) is 0 Å². The van der Waals surface area contributed by atoms with Crippen LogP contribution in [0.5, 0.6) is 0 Å². The van der Waals surface area contributed by atoms with Gasteiger partial charge in [-0.2, -0.15) is 0 Å². The highest BCUT2D eigenvalue weighted by molar-refractivity contribution is 5.00. The molecule has 0 spiro atoms. The Bertz CT molecular complexity index is 203. The lowest BCUT2D eigenvalue weighted by atomic mass is 9.95. The van der Waals surface area contributed by atoms with E-state index in [0.29, 0.717) is 0 Å². The average molecular weight is 204 g/mol. The van der Waals surface area contributed by atoms with Crippen LogP contribution in [-0.4, -0.2) is 57.6 Å². The molecular formula is C9H16O5. The number of hydrogen-bond donors (Lipinski definition) is 4. The van der Waals surface area contributed by atoms with E-state index in [0.717, 1.165) is 0 Å². The van der Waals surface area contributed by atoms with Crippen molar-refractivity contribution in [3.05, 3.63) is 12.2 Å². The largest absolute Gasteiger partial charge is 0.394 e. The fraction of sp³-hybridized carbons (Fsp3) is 0.778. The second-order valence-electron chi connectivity index (χ2n) is 3.32. The molecule has 1 fully saturated rings.